The minimum absolute atomic E-state index is 0.173. The average molecular weight is 174 g/mol. The fraction of sp³-hybridized carbons (Fsp3) is 0.875. The van der Waals surface area contributed by atoms with Gasteiger partial charge in [0.1, 0.15) is 0 Å². The Morgan fingerprint density at radius 2 is 2.33 bits per heavy atom. The smallest absolute Gasteiger partial charge is 0.335 e. The fourth-order valence-electron chi connectivity index (χ4n) is 1.09. The van der Waals surface area contributed by atoms with E-state index in [0.29, 0.717) is 5.92 Å². The molecule has 4 heteroatoms. The topological polar surface area (TPSA) is 55.8 Å². The van der Waals surface area contributed by atoms with E-state index in [2.05, 4.69) is 0 Å². The van der Waals surface area contributed by atoms with Crippen LogP contribution in [0.1, 0.15) is 20.3 Å². The molecule has 0 radical (unpaired) electrons. The molecule has 2 atom stereocenters. The Hall–Kier alpha value is -0.610. The molecule has 0 spiro atoms. The van der Waals surface area contributed by atoms with Gasteiger partial charge < -0.3 is 14.6 Å². The van der Waals surface area contributed by atoms with Gasteiger partial charge in [0.2, 0.25) is 0 Å². The SMILES string of the molecule is CC(C)CC1OCC(C(=O)O)O1. The highest BCUT2D eigenvalue weighted by atomic mass is 16.7. The Labute approximate surface area is 71.5 Å². The maximum absolute atomic E-state index is 10.4. The summed E-state index contributed by atoms with van der Waals surface area (Å²) in [4.78, 5) is 10.4. The van der Waals surface area contributed by atoms with Crippen molar-refractivity contribution in [1.29, 1.82) is 0 Å². The van der Waals surface area contributed by atoms with Crippen molar-refractivity contribution < 1.29 is 19.4 Å². The van der Waals surface area contributed by atoms with Gasteiger partial charge in [-0.15, -0.1) is 0 Å². The summed E-state index contributed by atoms with van der Waals surface area (Å²) in [5.41, 5.74) is 0. The highest BCUT2D eigenvalue weighted by Crippen LogP contribution is 2.18. The lowest BCUT2D eigenvalue weighted by atomic mass is 10.1. The molecule has 1 saturated heterocycles. The molecule has 0 aromatic heterocycles. The van der Waals surface area contributed by atoms with Crippen LogP contribution in [0.4, 0.5) is 0 Å². The first-order chi connectivity index (χ1) is 5.59. The zero-order chi connectivity index (χ0) is 9.14. The third kappa shape index (κ3) is 2.46. The maximum Gasteiger partial charge on any atom is 0.335 e. The molecule has 2 unspecified atom stereocenters. The second-order valence-corrected chi connectivity index (χ2v) is 3.36. The molecule has 1 N–H and O–H groups in total. The van der Waals surface area contributed by atoms with E-state index >= 15 is 0 Å². The van der Waals surface area contributed by atoms with Gasteiger partial charge in [0.15, 0.2) is 12.4 Å². The molecule has 0 amide bonds. The quantitative estimate of drug-likeness (QED) is 0.689. The number of aliphatic carboxylic acids is 1. The summed E-state index contributed by atoms with van der Waals surface area (Å²) in [6.45, 7) is 4.26. The molecule has 12 heavy (non-hydrogen) atoms. The van der Waals surface area contributed by atoms with Crippen molar-refractivity contribution in [2.75, 3.05) is 6.61 Å². The van der Waals surface area contributed by atoms with Gasteiger partial charge in [0, 0.05) is 6.42 Å². The summed E-state index contributed by atoms with van der Waals surface area (Å²) in [5, 5.41) is 8.56. The van der Waals surface area contributed by atoms with Crippen LogP contribution in [0.5, 0.6) is 0 Å². The summed E-state index contributed by atoms with van der Waals surface area (Å²) in [7, 11) is 0. The zero-order valence-corrected chi connectivity index (χ0v) is 7.32. The van der Waals surface area contributed by atoms with E-state index in [0.717, 1.165) is 6.42 Å². The highest BCUT2D eigenvalue weighted by molar-refractivity contribution is 5.72. The van der Waals surface area contributed by atoms with Crippen LogP contribution in [0.3, 0.4) is 0 Å². The minimum Gasteiger partial charge on any atom is -0.479 e. The Kier molecular flexibility index (Phi) is 3.05. The van der Waals surface area contributed by atoms with Crippen LogP contribution in [0.2, 0.25) is 0 Å². The number of hydrogen-bond acceptors (Lipinski definition) is 3. The van der Waals surface area contributed by atoms with Crippen molar-refractivity contribution in [2.24, 2.45) is 5.92 Å². The molecule has 1 rings (SSSR count). The Balaban J connectivity index is 2.30. The number of carbonyl (C=O) groups is 1. The number of carboxylic acids is 1. The third-order valence-corrected chi connectivity index (χ3v) is 1.69. The Bertz CT molecular complexity index is 166. The average Bonchev–Trinajstić information content (AvgIpc) is 2.34. The second-order valence-electron chi connectivity index (χ2n) is 3.36. The van der Waals surface area contributed by atoms with Gasteiger partial charge in [0.05, 0.1) is 6.61 Å². The van der Waals surface area contributed by atoms with Crippen LogP contribution in [-0.2, 0) is 14.3 Å². The molecule has 0 bridgehead atoms. The van der Waals surface area contributed by atoms with Gasteiger partial charge in [-0.05, 0) is 5.92 Å². The Morgan fingerprint density at radius 1 is 1.67 bits per heavy atom. The molecule has 1 aliphatic rings. The molecule has 1 fully saturated rings. The highest BCUT2D eigenvalue weighted by Gasteiger charge is 2.31. The molecule has 70 valence electrons. The predicted molar refractivity (Wildman–Crippen MR) is 41.7 cm³/mol. The van der Waals surface area contributed by atoms with E-state index in [-0.39, 0.29) is 12.9 Å². The summed E-state index contributed by atoms with van der Waals surface area (Å²) in [6.07, 6.45) is -0.344. The van der Waals surface area contributed by atoms with Crippen molar-refractivity contribution in [1.82, 2.24) is 0 Å². The lowest BCUT2D eigenvalue weighted by Gasteiger charge is -2.11. The number of hydrogen-bond donors (Lipinski definition) is 1. The first-order valence-corrected chi connectivity index (χ1v) is 4.09. The largest absolute Gasteiger partial charge is 0.479 e. The Morgan fingerprint density at radius 3 is 2.75 bits per heavy atom. The molecular formula is C8H14O4. The third-order valence-electron chi connectivity index (χ3n) is 1.69. The van der Waals surface area contributed by atoms with Crippen LogP contribution in [-0.4, -0.2) is 30.1 Å². The normalized spacial score (nSPS) is 29.6. The second kappa shape index (κ2) is 3.87. The summed E-state index contributed by atoms with van der Waals surface area (Å²) in [6, 6.07) is 0. The van der Waals surface area contributed by atoms with Gasteiger partial charge >= 0.3 is 5.97 Å². The van der Waals surface area contributed by atoms with Crippen LogP contribution >= 0.6 is 0 Å². The van der Waals surface area contributed by atoms with Crippen LogP contribution in [0, 0.1) is 5.92 Å². The van der Waals surface area contributed by atoms with Gasteiger partial charge in [-0.2, -0.15) is 0 Å². The van der Waals surface area contributed by atoms with Crippen LogP contribution in [0.15, 0.2) is 0 Å². The van der Waals surface area contributed by atoms with Crippen molar-refractivity contribution in [3.63, 3.8) is 0 Å². The first-order valence-electron chi connectivity index (χ1n) is 4.09. The minimum atomic E-state index is -0.943. The van der Waals surface area contributed by atoms with E-state index in [9.17, 15) is 4.79 Å². The number of carboxylic acid groups (broad SMARTS) is 1. The van der Waals surface area contributed by atoms with Gasteiger partial charge in [0.25, 0.3) is 0 Å². The summed E-state index contributed by atoms with van der Waals surface area (Å²) < 4.78 is 10.2. The zero-order valence-electron chi connectivity index (χ0n) is 7.32. The molecule has 0 saturated carbocycles. The van der Waals surface area contributed by atoms with Crippen molar-refractivity contribution in [3.8, 4) is 0 Å². The number of ether oxygens (including phenoxy) is 2. The van der Waals surface area contributed by atoms with Crippen molar-refractivity contribution >= 4 is 5.97 Å². The predicted octanol–water partition coefficient (Wildman–Crippen LogP) is 0.859. The molecule has 0 aliphatic carbocycles. The van der Waals surface area contributed by atoms with Gasteiger partial charge in [-0.1, -0.05) is 13.8 Å². The van der Waals surface area contributed by atoms with Crippen molar-refractivity contribution in [2.45, 2.75) is 32.7 Å². The van der Waals surface area contributed by atoms with E-state index < -0.39 is 12.1 Å². The molecule has 0 aromatic rings. The van der Waals surface area contributed by atoms with Crippen LogP contribution < -0.4 is 0 Å². The van der Waals surface area contributed by atoms with Gasteiger partial charge in [-0.25, -0.2) is 4.79 Å². The summed E-state index contributed by atoms with van der Waals surface area (Å²) >= 11 is 0. The van der Waals surface area contributed by atoms with Gasteiger partial charge in [-0.3, -0.25) is 0 Å². The monoisotopic (exact) mass is 174 g/mol. The first kappa shape index (κ1) is 9.48. The fourth-order valence-corrected chi connectivity index (χ4v) is 1.09. The van der Waals surface area contributed by atoms with Crippen LogP contribution in [0.25, 0.3) is 0 Å². The maximum atomic E-state index is 10.4. The van der Waals surface area contributed by atoms with E-state index in [1.165, 1.54) is 0 Å². The summed E-state index contributed by atoms with van der Waals surface area (Å²) in [5.74, 6) is -0.483. The standard InChI is InChI=1S/C8H14O4/c1-5(2)3-7-11-4-6(12-7)8(9)10/h5-7H,3-4H2,1-2H3,(H,9,10). The lowest BCUT2D eigenvalue weighted by molar-refractivity contribution is -0.151. The van der Waals surface area contributed by atoms with Crippen molar-refractivity contribution in [3.05, 3.63) is 0 Å². The molecular weight excluding hydrogens is 160 g/mol. The van der Waals surface area contributed by atoms with E-state index in [1.54, 1.807) is 0 Å². The molecule has 4 nitrogen and oxygen atoms in total. The number of rotatable bonds is 3. The van der Waals surface area contributed by atoms with E-state index in [1.807, 2.05) is 13.8 Å². The van der Waals surface area contributed by atoms with E-state index in [4.69, 9.17) is 14.6 Å². The lowest BCUT2D eigenvalue weighted by Crippen LogP contribution is -2.23. The molecule has 1 aliphatic heterocycles. The molecule has 0 aromatic carbocycles. The molecule has 1 heterocycles.